The standard InChI is InChI=1S/C7H8INO2/c8-7(11)5-3-4(9)1-2-6(5)10/h1-3,7,10-11H,9H2. The Morgan fingerprint density at radius 3 is 2.55 bits per heavy atom. The van der Waals surface area contributed by atoms with E-state index in [-0.39, 0.29) is 5.75 Å². The predicted molar refractivity (Wildman–Crippen MR) is 51.5 cm³/mol. The van der Waals surface area contributed by atoms with Crippen molar-refractivity contribution in [2.75, 3.05) is 5.73 Å². The maximum absolute atomic E-state index is 9.19. The van der Waals surface area contributed by atoms with Crippen molar-refractivity contribution < 1.29 is 10.2 Å². The third-order valence-corrected chi connectivity index (χ3v) is 1.98. The molecule has 0 aliphatic carbocycles. The van der Waals surface area contributed by atoms with Gasteiger partial charge in [-0.3, -0.25) is 0 Å². The fourth-order valence-corrected chi connectivity index (χ4v) is 1.26. The maximum Gasteiger partial charge on any atom is 0.134 e. The molecule has 1 unspecified atom stereocenters. The molecule has 0 saturated heterocycles. The van der Waals surface area contributed by atoms with Gasteiger partial charge in [0.25, 0.3) is 0 Å². The van der Waals surface area contributed by atoms with Gasteiger partial charge in [-0.05, 0) is 40.8 Å². The number of benzene rings is 1. The van der Waals surface area contributed by atoms with Crippen molar-refractivity contribution in [2.24, 2.45) is 0 Å². The molecule has 3 nitrogen and oxygen atoms in total. The Bertz CT molecular complexity index is 263. The summed E-state index contributed by atoms with van der Waals surface area (Å²) in [5.74, 6) is 0.0705. The van der Waals surface area contributed by atoms with E-state index in [9.17, 15) is 5.11 Å². The number of phenolic OH excluding ortho intramolecular Hbond substituents is 1. The third-order valence-electron chi connectivity index (χ3n) is 1.31. The van der Waals surface area contributed by atoms with Crippen LogP contribution in [0.1, 0.15) is 9.67 Å². The fourth-order valence-electron chi connectivity index (χ4n) is 0.764. The van der Waals surface area contributed by atoms with E-state index in [0.29, 0.717) is 11.3 Å². The number of aromatic hydroxyl groups is 1. The number of anilines is 1. The van der Waals surface area contributed by atoms with E-state index in [2.05, 4.69) is 0 Å². The molecule has 0 heterocycles. The lowest BCUT2D eigenvalue weighted by atomic mass is 10.2. The second-order valence-electron chi connectivity index (χ2n) is 2.15. The maximum atomic E-state index is 9.19. The highest BCUT2D eigenvalue weighted by atomic mass is 127. The zero-order valence-electron chi connectivity index (χ0n) is 5.66. The van der Waals surface area contributed by atoms with Crippen molar-refractivity contribution in [2.45, 2.75) is 4.11 Å². The molecule has 1 atom stereocenters. The van der Waals surface area contributed by atoms with Crippen molar-refractivity contribution in [3.63, 3.8) is 0 Å². The van der Waals surface area contributed by atoms with Gasteiger partial charge in [0.2, 0.25) is 0 Å². The first kappa shape index (κ1) is 8.61. The van der Waals surface area contributed by atoms with Crippen LogP contribution in [0.25, 0.3) is 0 Å². The van der Waals surface area contributed by atoms with Crippen LogP contribution in [-0.2, 0) is 0 Å². The summed E-state index contributed by atoms with van der Waals surface area (Å²) in [6, 6.07) is 4.59. The lowest BCUT2D eigenvalue weighted by Gasteiger charge is -2.05. The highest BCUT2D eigenvalue weighted by Gasteiger charge is 2.07. The Balaban J connectivity index is 3.13. The molecular formula is C7H8INO2. The Morgan fingerprint density at radius 1 is 1.45 bits per heavy atom. The molecule has 0 aliphatic rings. The number of nitrogens with two attached hydrogens (primary N) is 1. The van der Waals surface area contributed by atoms with Crippen LogP contribution in [0.15, 0.2) is 18.2 Å². The Hall–Kier alpha value is -0.490. The van der Waals surface area contributed by atoms with E-state index >= 15 is 0 Å². The fraction of sp³-hybridized carbons (Fsp3) is 0.143. The number of phenols is 1. The van der Waals surface area contributed by atoms with Crippen LogP contribution in [0.2, 0.25) is 0 Å². The number of aliphatic hydroxyl groups is 1. The minimum atomic E-state index is -0.712. The van der Waals surface area contributed by atoms with Crippen LogP contribution < -0.4 is 5.73 Å². The summed E-state index contributed by atoms with van der Waals surface area (Å²) < 4.78 is -0.712. The summed E-state index contributed by atoms with van der Waals surface area (Å²) in [5, 5.41) is 18.3. The van der Waals surface area contributed by atoms with Gasteiger partial charge in [-0.1, -0.05) is 0 Å². The summed E-state index contributed by atoms with van der Waals surface area (Å²) >= 11 is 1.79. The Kier molecular flexibility index (Phi) is 2.56. The topological polar surface area (TPSA) is 66.5 Å². The SMILES string of the molecule is Nc1ccc(O)c(C(O)I)c1. The highest BCUT2D eigenvalue weighted by Crippen LogP contribution is 2.29. The van der Waals surface area contributed by atoms with Crippen molar-refractivity contribution in [1.82, 2.24) is 0 Å². The van der Waals surface area contributed by atoms with Gasteiger partial charge >= 0.3 is 0 Å². The number of hydrogen-bond donors (Lipinski definition) is 3. The van der Waals surface area contributed by atoms with Gasteiger partial charge in [0.1, 0.15) is 9.86 Å². The molecule has 1 aromatic carbocycles. The van der Waals surface area contributed by atoms with Crippen molar-refractivity contribution in [3.8, 4) is 5.75 Å². The normalized spacial score (nSPS) is 12.9. The van der Waals surface area contributed by atoms with Crippen LogP contribution >= 0.6 is 22.6 Å². The van der Waals surface area contributed by atoms with E-state index in [4.69, 9.17) is 10.8 Å². The molecule has 60 valence electrons. The first-order valence-corrected chi connectivity index (χ1v) is 4.26. The largest absolute Gasteiger partial charge is 0.508 e. The van der Waals surface area contributed by atoms with Crippen LogP contribution in [0, 0.1) is 0 Å². The van der Waals surface area contributed by atoms with Gasteiger partial charge in [-0.15, -0.1) is 0 Å². The Labute approximate surface area is 78.0 Å². The van der Waals surface area contributed by atoms with Gasteiger partial charge < -0.3 is 15.9 Å². The van der Waals surface area contributed by atoms with Gasteiger partial charge in [-0.2, -0.15) is 0 Å². The molecule has 0 bridgehead atoms. The lowest BCUT2D eigenvalue weighted by Crippen LogP contribution is -1.91. The molecule has 4 heteroatoms. The zero-order valence-corrected chi connectivity index (χ0v) is 7.82. The number of hydrogen-bond acceptors (Lipinski definition) is 3. The molecule has 0 amide bonds. The van der Waals surface area contributed by atoms with Gasteiger partial charge in [0, 0.05) is 11.3 Å². The smallest absolute Gasteiger partial charge is 0.134 e. The number of aliphatic hydroxyl groups excluding tert-OH is 1. The van der Waals surface area contributed by atoms with Gasteiger partial charge in [0.05, 0.1) is 0 Å². The molecule has 1 rings (SSSR count). The summed E-state index contributed by atoms with van der Waals surface area (Å²) in [5.41, 5.74) is 6.43. The first-order chi connectivity index (χ1) is 5.11. The summed E-state index contributed by atoms with van der Waals surface area (Å²) in [7, 11) is 0. The van der Waals surface area contributed by atoms with E-state index < -0.39 is 4.11 Å². The molecule has 1 aromatic rings. The third kappa shape index (κ3) is 1.97. The molecule has 11 heavy (non-hydrogen) atoms. The average molecular weight is 265 g/mol. The minimum absolute atomic E-state index is 0.0705. The molecule has 0 saturated carbocycles. The second-order valence-corrected chi connectivity index (χ2v) is 3.33. The van der Waals surface area contributed by atoms with Crippen LogP contribution in [-0.4, -0.2) is 10.2 Å². The van der Waals surface area contributed by atoms with Crippen LogP contribution in [0.3, 0.4) is 0 Å². The van der Waals surface area contributed by atoms with E-state index in [1.807, 2.05) is 0 Å². The number of nitrogen functional groups attached to an aromatic ring is 1. The minimum Gasteiger partial charge on any atom is -0.508 e. The molecular weight excluding hydrogens is 257 g/mol. The lowest BCUT2D eigenvalue weighted by molar-refractivity contribution is 0.280. The number of alkyl halides is 1. The molecule has 0 radical (unpaired) electrons. The highest BCUT2D eigenvalue weighted by molar-refractivity contribution is 14.1. The second kappa shape index (κ2) is 3.27. The molecule has 0 aliphatic heterocycles. The molecule has 0 aromatic heterocycles. The van der Waals surface area contributed by atoms with Crippen LogP contribution in [0.4, 0.5) is 5.69 Å². The first-order valence-electron chi connectivity index (χ1n) is 3.02. The predicted octanol–water partition coefficient (Wildman–Crippen LogP) is 1.40. The van der Waals surface area contributed by atoms with E-state index in [0.717, 1.165) is 0 Å². The van der Waals surface area contributed by atoms with Crippen molar-refractivity contribution in [1.29, 1.82) is 0 Å². The zero-order chi connectivity index (χ0) is 8.43. The number of halogens is 1. The summed E-state index contributed by atoms with van der Waals surface area (Å²) in [6.07, 6.45) is 0. The summed E-state index contributed by atoms with van der Waals surface area (Å²) in [4.78, 5) is 0. The monoisotopic (exact) mass is 265 g/mol. The van der Waals surface area contributed by atoms with E-state index in [1.54, 1.807) is 34.7 Å². The molecule has 0 fully saturated rings. The summed E-state index contributed by atoms with van der Waals surface area (Å²) in [6.45, 7) is 0. The molecule has 0 spiro atoms. The molecule has 4 N–H and O–H groups in total. The van der Waals surface area contributed by atoms with Crippen molar-refractivity contribution >= 4 is 28.3 Å². The van der Waals surface area contributed by atoms with Crippen LogP contribution in [0.5, 0.6) is 5.75 Å². The number of rotatable bonds is 1. The Morgan fingerprint density at radius 2 is 2.09 bits per heavy atom. The van der Waals surface area contributed by atoms with Crippen molar-refractivity contribution in [3.05, 3.63) is 23.8 Å². The van der Waals surface area contributed by atoms with Gasteiger partial charge in [-0.25, -0.2) is 0 Å². The quantitative estimate of drug-likeness (QED) is 0.311. The van der Waals surface area contributed by atoms with Gasteiger partial charge in [0.15, 0.2) is 0 Å². The average Bonchev–Trinajstić information content (AvgIpc) is 1.94. The van der Waals surface area contributed by atoms with E-state index in [1.165, 1.54) is 6.07 Å².